The zero-order valence-corrected chi connectivity index (χ0v) is 8.30. The van der Waals surface area contributed by atoms with E-state index in [1.807, 2.05) is 24.3 Å². The smallest absolute Gasteiger partial charge is 0.0251 e. The van der Waals surface area contributed by atoms with E-state index in [0.717, 1.165) is 17.9 Å². The molecule has 13 heavy (non-hydrogen) atoms. The predicted octanol–water partition coefficient (Wildman–Crippen LogP) is 3.27. The van der Waals surface area contributed by atoms with E-state index in [4.69, 9.17) is 0 Å². The van der Waals surface area contributed by atoms with Crippen LogP contribution in [0, 0.1) is 23.8 Å². The third-order valence-electron chi connectivity index (χ3n) is 1.79. The van der Waals surface area contributed by atoms with Gasteiger partial charge in [-0.3, -0.25) is 0 Å². The molecule has 1 radical (unpaired) electrons. The van der Waals surface area contributed by atoms with Crippen LogP contribution in [0.4, 0.5) is 0 Å². The van der Waals surface area contributed by atoms with Gasteiger partial charge < -0.3 is 0 Å². The van der Waals surface area contributed by atoms with Crippen LogP contribution in [0.5, 0.6) is 0 Å². The van der Waals surface area contributed by atoms with E-state index in [0.29, 0.717) is 0 Å². The largest absolute Gasteiger partial charge is 0.0979 e. The van der Waals surface area contributed by atoms with Crippen LogP contribution < -0.4 is 0 Å². The van der Waals surface area contributed by atoms with Crippen LogP contribution in [-0.2, 0) is 0 Å². The van der Waals surface area contributed by atoms with Gasteiger partial charge in [0.25, 0.3) is 0 Å². The van der Waals surface area contributed by atoms with E-state index >= 15 is 0 Å². The highest BCUT2D eigenvalue weighted by molar-refractivity contribution is 5.32. The van der Waals surface area contributed by atoms with Gasteiger partial charge in [0.2, 0.25) is 0 Å². The molecule has 0 bridgehead atoms. The number of hydrogen-bond acceptors (Lipinski definition) is 0. The molecule has 0 unspecified atom stereocenters. The molecule has 0 heterocycles. The van der Waals surface area contributed by atoms with Crippen molar-refractivity contribution in [2.45, 2.75) is 26.7 Å². The second-order valence-electron chi connectivity index (χ2n) is 3.53. The summed E-state index contributed by atoms with van der Waals surface area (Å²) in [5.41, 5.74) is 1.06. The quantitative estimate of drug-likeness (QED) is 0.599. The van der Waals surface area contributed by atoms with Gasteiger partial charge in [0, 0.05) is 12.0 Å². The zero-order valence-electron chi connectivity index (χ0n) is 8.30. The molecule has 0 atom stereocenters. The zero-order chi connectivity index (χ0) is 9.52. The molecule has 0 aromatic heterocycles. The summed E-state index contributed by atoms with van der Waals surface area (Å²) >= 11 is 0. The van der Waals surface area contributed by atoms with Gasteiger partial charge in [-0.15, -0.1) is 0 Å². The normalized spacial score (nSPS) is 9.46. The first-order valence-electron chi connectivity index (χ1n) is 4.74. The molecular weight excluding hydrogens is 156 g/mol. The molecule has 0 N–H and O–H groups in total. The summed E-state index contributed by atoms with van der Waals surface area (Å²) in [7, 11) is 0. The summed E-state index contributed by atoms with van der Waals surface area (Å²) in [5, 5.41) is 0. The first-order valence-corrected chi connectivity index (χ1v) is 4.74. The van der Waals surface area contributed by atoms with Crippen molar-refractivity contribution < 1.29 is 0 Å². The fraction of sp³-hybridized carbons (Fsp3) is 0.385. The Morgan fingerprint density at radius 2 is 2.31 bits per heavy atom. The lowest BCUT2D eigenvalue weighted by Crippen LogP contribution is -1.84. The average molecular weight is 171 g/mol. The molecule has 1 aromatic rings. The molecular formula is C13H15. The summed E-state index contributed by atoms with van der Waals surface area (Å²) in [4.78, 5) is 0. The Labute approximate surface area is 81.0 Å². The highest BCUT2D eigenvalue weighted by atomic mass is 13.9. The number of hydrogen-bond donors (Lipinski definition) is 0. The molecule has 0 aliphatic carbocycles. The lowest BCUT2D eigenvalue weighted by atomic mass is 10.1. The summed E-state index contributed by atoms with van der Waals surface area (Å²) in [6.45, 7) is 4.44. The van der Waals surface area contributed by atoms with Gasteiger partial charge in [-0.25, -0.2) is 0 Å². The van der Waals surface area contributed by atoms with E-state index in [1.165, 1.54) is 6.42 Å². The molecule has 67 valence electrons. The lowest BCUT2D eigenvalue weighted by Gasteiger charge is -1.96. The van der Waals surface area contributed by atoms with Crippen LogP contribution in [0.2, 0.25) is 0 Å². The number of rotatable bonds is 2. The monoisotopic (exact) mass is 171 g/mol. The van der Waals surface area contributed by atoms with Crippen LogP contribution in [0.1, 0.15) is 32.3 Å². The third kappa shape index (κ3) is 4.38. The second kappa shape index (κ2) is 5.43. The average Bonchev–Trinajstić information content (AvgIpc) is 2.14. The Balaban J connectivity index is 2.40. The van der Waals surface area contributed by atoms with E-state index in [1.54, 1.807) is 0 Å². The first kappa shape index (κ1) is 9.86. The second-order valence-corrected chi connectivity index (χ2v) is 3.53. The lowest BCUT2D eigenvalue weighted by molar-refractivity contribution is 0.600. The van der Waals surface area contributed by atoms with E-state index in [2.05, 4.69) is 31.8 Å². The van der Waals surface area contributed by atoms with Crippen molar-refractivity contribution in [2.24, 2.45) is 5.92 Å². The minimum Gasteiger partial charge on any atom is -0.0979 e. The molecule has 1 aromatic carbocycles. The molecule has 0 saturated carbocycles. The fourth-order valence-electron chi connectivity index (χ4n) is 0.996. The number of benzene rings is 1. The van der Waals surface area contributed by atoms with Crippen molar-refractivity contribution in [2.75, 3.05) is 0 Å². The molecule has 0 spiro atoms. The van der Waals surface area contributed by atoms with Gasteiger partial charge in [0.15, 0.2) is 0 Å². The van der Waals surface area contributed by atoms with Gasteiger partial charge in [0.05, 0.1) is 0 Å². The molecule has 0 aliphatic heterocycles. The summed E-state index contributed by atoms with van der Waals surface area (Å²) in [5.74, 6) is 7.03. The highest BCUT2D eigenvalue weighted by Gasteiger charge is 1.89. The molecule has 0 aliphatic rings. The highest BCUT2D eigenvalue weighted by Crippen LogP contribution is 2.02. The van der Waals surface area contributed by atoms with Crippen LogP contribution in [-0.4, -0.2) is 0 Å². The molecule has 0 saturated heterocycles. The molecule has 0 fully saturated rings. The van der Waals surface area contributed by atoms with Crippen molar-refractivity contribution in [3.63, 3.8) is 0 Å². The first-order chi connectivity index (χ1) is 6.29. The fourth-order valence-corrected chi connectivity index (χ4v) is 0.996. The van der Waals surface area contributed by atoms with Gasteiger partial charge in [-0.05, 0) is 30.5 Å². The standard InChI is InChI=1S/C13H15/c1-12(2)8-6-7-11-13-9-4-3-5-10-13/h3-4,9-10,12H,6,8H2,1-2H3. The Kier molecular flexibility index (Phi) is 4.12. The van der Waals surface area contributed by atoms with Crippen molar-refractivity contribution in [3.8, 4) is 11.8 Å². The van der Waals surface area contributed by atoms with Crippen LogP contribution in [0.25, 0.3) is 0 Å². The van der Waals surface area contributed by atoms with Gasteiger partial charge >= 0.3 is 0 Å². The Morgan fingerprint density at radius 3 is 2.92 bits per heavy atom. The van der Waals surface area contributed by atoms with E-state index in [9.17, 15) is 0 Å². The maximum absolute atomic E-state index is 3.16. The third-order valence-corrected chi connectivity index (χ3v) is 1.79. The van der Waals surface area contributed by atoms with Crippen molar-refractivity contribution in [1.29, 1.82) is 0 Å². The maximum Gasteiger partial charge on any atom is 0.0251 e. The summed E-state index contributed by atoms with van der Waals surface area (Å²) in [6.07, 6.45) is 2.18. The molecule has 1 rings (SSSR count). The minimum atomic E-state index is 0.747. The molecule has 0 nitrogen and oxygen atoms in total. The maximum atomic E-state index is 3.16. The Hall–Kier alpha value is -1.22. The van der Waals surface area contributed by atoms with Crippen molar-refractivity contribution >= 4 is 0 Å². The summed E-state index contributed by atoms with van der Waals surface area (Å²) in [6, 6.07) is 10.8. The van der Waals surface area contributed by atoms with Crippen LogP contribution in [0.3, 0.4) is 0 Å². The predicted molar refractivity (Wildman–Crippen MR) is 56.2 cm³/mol. The Bertz CT molecular complexity index is 285. The minimum absolute atomic E-state index is 0.747. The van der Waals surface area contributed by atoms with E-state index < -0.39 is 0 Å². The Morgan fingerprint density at radius 1 is 1.46 bits per heavy atom. The molecule has 0 amide bonds. The van der Waals surface area contributed by atoms with Crippen LogP contribution in [0.15, 0.2) is 24.3 Å². The molecule has 0 heteroatoms. The SMILES string of the molecule is CC(C)CCC#Cc1c[c]ccc1. The van der Waals surface area contributed by atoms with Gasteiger partial charge in [0.1, 0.15) is 0 Å². The van der Waals surface area contributed by atoms with Crippen LogP contribution >= 0.6 is 0 Å². The van der Waals surface area contributed by atoms with Gasteiger partial charge in [-0.2, -0.15) is 0 Å². The van der Waals surface area contributed by atoms with E-state index in [-0.39, 0.29) is 0 Å². The summed E-state index contributed by atoms with van der Waals surface area (Å²) < 4.78 is 0. The topological polar surface area (TPSA) is 0 Å². The van der Waals surface area contributed by atoms with Crippen molar-refractivity contribution in [3.05, 3.63) is 35.9 Å². The van der Waals surface area contributed by atoms with Crippen molar-refractivity contribution in [1.82, 2.24) is 0 Å². The van der Waals surface area contributed by atoms with Gasteiger partial charge in [-0.1, -0.05) is 37.8 Å².